The van der Waals surface area contributed by atoms with Gasteiger partial charge in [-0.15, -0.1) is 0 Å². The van der Waals surface area contributed by atoms with E-state index in [1.807, 2.05) is 12.1 Å². The fraction of sp³-hybridized carbons (Fsp3) is 0. The SMILES string of the molecule is N#Cc1cc(F)cc(Nc2cccc(N)c2)c1. The average Bonchev–Trinajstić information content (AvgIpc) is 2.28. The first-order chi connectivity index (χ1) is 8.17. The molecule has 84 valence electrons. The predicted molar refractivity (Wildman–Crippen MR) is 65.3 cm³/mol. The maximum absolute atomic E-state index is 13.2. The topological polar surface area (TPSA) is 61.8 Å². The van der Waals surface area contributed by atoms with Crippen LogP contribution in [0.2, 0.25) is 0 Å². The van der Waals surface area contributed by atoms with Crippen molar-refractivity contribution in [2.24, 2.45) is 0 Å². The van der Waals surface area contributed by atoms with E-state index in [1.165, 1.54) is 12.1 Å². The lowest BCUT2D eigenvalue weighted by molar-refractivity contribution is 0.628. The number of anilines is 3. The fourth-order valence-corrected chi connectivity index (χ4v) is 1.51. The Balaban J connectivity index is 2.30. The Labute approximate surface area is 98.3 Å². The number of nitrogens with one attached hydrogen (secondary N) is 1. The van der Waals surface area contributed by atoms with Crippen molar-refractivity contribution in [3.05, 3.63) is 53.8 Å². The smallest absolute Gasteiger partial charge is 0.126 e. The summed E-state index contributed by atoms with van der Waals surface area (Å²) in [5, 5.41) is 11.7. The summed E-state index contributed by atoms with van der Waals surface area (Å²) in [6.07, 6.45) is 0. The third-order valence-corrected chi connectivity index (χ3v) is 2.20. The Hall–Kier alpha value is -2.54. The molecule has 0 saturated carbocycles. The minimum atomic E-state index is -0.449. The van der Waals surface area contributed by atoms with Crippen molar-refractivity contribution in [3.63, 3.8) is 0 Å². The second-order valence-electron chi connectivity index (χ2n) is 3.59. The van der Waals surface area contributed by atoms with Gasteiger partial charge in [-0.25, -0.2) is 4.39 Å². The lowest BCUT2D eigenvalue weighted by atomic mass is 10.2. The second-order valence-corrected chi connectivity index (χ2v) is 3.59. The van der Waals surface area contributed by atoms with Crippen molar-refractivity contribution in [3.8, 4) is 6.07 Å². The van der Waals surface area contributed by atoms with Crippen molar-refractivity contribution in [1.82, 2.24) is 0 Å². The Bertz CT molecular complexity index is 587. The van der Waals surface area contributed by atoms with Gasteiger partial charge in [0.2, 0.25) is 0 Å². The van der Waals surface area contributed by atoms with Gasteiger partial charge in [0.15, 0.2) is 0 Å². The van der Waals surface area contributed by atoms with Gasteiger partial charge >= 0.3 is 0 Å². The van der Waals surface area contributed by atoms with E-state index in [9.17, 15) is 4.39 Å². The summed E-state index contributed by atoms with van der Waals surface area (Å²) in [5.74, 6) is -0.449. The van der Waals surface area contributed by atoms with Gasteiger partial charge in [0.05, 0.1) is 11.6 Å². The molecule has 0 aliphatic carbocycles. The van der Waals surface area contributed by atoms with E-state index in [1.54, 1.807) is 24.3 Å². The average molecular weight is 227 g/mol. The maximum Gasteiger partial charge on any atom is 0.126 e. The van der Waals surface area contributed by atoms with Crippen LogP contribution in [-0.4, -0.2) is 0 Å². The van der Waals surface area contributed by atoms with Gasteiger partial charge in [0.25, 0.3) is 0 Å². The quantitative estimate of drug-likeness (QED) is 0.775. The van der Waals surface area contributed by atoms with Crippen LogP contribution < -0.4 is 11.1 Å². The van der Waals surface area contributed by atoms with Gasteiger partial charge in [-0.05, 0) is 36.4 Å². The van der Waals surface area contributed by atoms with Gasteiger partial charge in [-0.3, -0.25) is 0 Å². The van der Waals surface area contributed by atoms with Crippen LogP contribution in [0.1, 0.15) is 5.56 Å². The standard InChI is InChI=1S/C13H10FN3/c14-10-4-9(8-15)5-13(6-10)17-12-3-1-2-11(16)7-12/h1-7,17H,16H2. The molecule has 0 aliphatic heterocycles. The van der Waals surface area contributed by atoms with E-state index in [-0.39, 0.29) is 5.56 Å². The molecule has 0 spiro atoms. The molecule has 2 aromatic carbocycles. The van der Waals surface area contributed by atoms with Crippen LogP contribution in [0, 0.1) is 17.1 Å². The normalized spacial score (nSPS) is 9.65. The van der Waals surface area contributed by atoms with Crippen LogP contribution in [-0.2, 0) is 0 Å². The van der Waals surface area contributed by atoms with E-state index in [0.717, 1.165) is 5.69 Å². The predicted octanol–water partition coefficient (Wildman–Crippen LogP) is 3.02. The number of halogens is 1. The summed E-state index contributed by atoms with van der Waals surface area (Å²) in [5.41, 5.74) is 7.79. The summed E-state index contributed by atoms with van der Waals surface area (Å²) >= 11 is 0. The Morgan fingerprint density at radius 2 is 1.94 bits per heavy atom. The first-order valence-corrected chi connectivity index (χ1v) is 5.00. The number of nitrogens with two attached hydrogens (primary N) is 1. The first kappa shape index (κ1) is 11.0. The lowest BCUT2D eigenvalue weighted by Crippen LogP contribution is -1.93. The fourth-order valence-electron chi connectivity index (χ4n) is 1.51. The number of rotatable bonds is 2. The molecule has 3 N–H and O–H groups in total. The molecule has 0 aromatic heterocycles. The molecule has 0 bridgehead atoms. The molecular weight excluding hydrogens is 217 g/mol. The largest absolute Gasteiger partial charge is 0.399 e. The monoisotopic (exact) mass is 227 g/mol. The number of nitriles is 1. The lowest BCUT2D eigenvalue weighted by Gasteiger charge is -2.07. The van der Waals surface area contributed by atoms with E-state index in [4.69, 9.17) is 11.0 Å². The highest BCUT2D eigenvalue weighted by molar-refractivity contribution is 5.64. The number of hydrogen-bond acceptors (Lipinski definition) is 3. The molecule has 0 heterocycles. The van der Waals surface area contributed by atoms with Gasteiger partial charge in [-0.2, -0.15) is 5.26 Å². The molecule has 0 fully saturated rings. The number of benzene rings is 2. The van der Waals surface area contributed by atoms with Crippen LogP contribution in [0.4, 0.5) is 21.5 Å². The third-order valence-electron chi connectivity index (χ3n) is 2.20. The summed E-state index contributed by atoms with van der Waals surface area (Å²) in [6, 6.07) is 13.1. The highest BCUT2D eigenvalue weighted by Gasteiger charge is 2.01. The van der Waals surface area contributed by atoms with Crippen molar-refractivity contribution in [1.29, 1.82) is 5.26 Å². The highest BCUT2D eigenvalue weighted by Crippen LogP contribution is 2.20. The van der Waals surface area contributed by atoms with Crippen LogP contribution in [0.15, 0.2) is 42.5 Å². The zero-order valence-corrected chi connectivity index (χ0v) is 8.94. The molecule has 0 radical (unpaired) electrons. The van der Waals surface area contributed by atoms with Gasteiger partial charge in [0.1, 0.15) is 5.82 Å². The van der Waals surface area contributed by atoms with Gasteiger partial charge in [0, 0.05) is 17.1 Å². The zero-order chi connectivity index (χ0) is 12.3. The zero-order valence-electron chi connectivity index (χ0n) is 8.94. The molecular formula is C13H10FN3. The van der Waals surface area contributed by atoms with Crippen LogP contribution in [0.5, 0.6) is 0 Å². The number of nitrogens with zero attached hydrogens (tertiary/aromatic N) is 1. The van der Waals surface area contributed by atoms with E-state index in [0.29, 0.717) is 11.4 Å². The molecule has 0 amide bonds. The van der Waals surface area contributed by atoms with Crippen molar-refractivity contribution in [2.45, 2.75) is 0 Å². The van der Waals surface area contributed by atoms with E-state index < -0.39 is 5.82 Å². The minimum Gasteiger partial charge on any atom is -0.399 e. The Morgan fingerprint density at radius 1 is 1.12 bits per heavy atom. The highest BCUT2D eigenvalue weighted by atomic mass is 19.1. The third kappa shape index (κ3) is 2.73. The van der Waals surface area contributed by atoms with E-state index in [2.05, 4.69) is 5.32 Å². The molecule has 0 aliphatic rings. The summed E-state index contributed by atoms with van der Waals surface area (Å²) in [7, 11) is 0. The van der Waals surface area contributed by atoms with Crippen molar-refractivity contribution in [2.75, 3.05) is 11.1 Å². The summed E-state index contributed by atoms with van der Waals surface area (Å²) in [4.78, 5) is 0. The molecule has 2 aromatic rings. The van der Waals surface area contributed by atoms with Crippen LogP contribution in [0.25, 0.3) is 0 Å². The van der Waals surface area contributed by atoms with E-state index >= 15 is 0 Å². The second kappa shape index (κ2) is 4.54. The Morgan fingerprint density at radius 3 is 2.65 bits per heavy atom. The minimum absolute atomic E-state index is 0.274. The van der Waals surface area contributed by atoms with Crippen molar-refractivity contribution < 1.29 is 4.39 Å². The molecule has 2 rings (SSSR count). The van der Waals surface area contributed by atoms with Gasteiger partial charge in [-0.1, -0.05) is 6.07 Å². The number of hydrogen-bond donors (Lipinski definition) is 2. The number of nitrogen functional groups attached to an aromatic ring is 1. The first-order valence-electron chi connectivity index (χ1n) is 5.00. The van der Waals surface area contributed by atoms with Gasteiger partial charge < -0.3 is 11.1 Å². The molecule has 0 atom stereocenters. The molecule has 0 unspecified atom stereocenters. The molecule has 3 nitrogen and oxygen atoms in total. The van der Waals surface area contributed by atoms with Crippen LogP contribution in [0.3, 0.4) is 0 Å². The summed E-state index contributed by atoms with van der Waals surface area (Å²) < 4.78 is 13.2. The molecule has 0 saturated heterocycles. The summed E-state index contributed by atoms with van der Waals surface area (Å²) in [6.45, 7) is 0. The maximum atomic E-state index is 13.2. The Kier molecular flexibility index (Phi) is 2.93. The molecule has 4 heteroatoms. The van der Waals surface area contributed by atoms with Crippen LogP contribution >= 0.6 is 0 Å². The van der Waals surface area contributed by atoms with Crippen molar-refractivity contribution >= 4 is 17.1 Å². The molecule has 17 heavy (non-hydrogen) atoms.